The summed E-state index contributed by atoms with van der Waals surface area (Å²) in [5, 5.41) is 11.3. The van der Waals surface area contributed by atoms with E-state index in [1.165, 1.54) is 6.92 Å². The molecule has 0 saturated carbocycles. The Morgan fingerprint density at radius 3 is 2.43 bits per heavy atom. The lowest BCUT2D eigenvalue weighted by molar-refractivity contribution is -0.149. The number of amides is 1. The molecule has 0 heterocycles. The second-order valence-electron chi connectivity index (χ2n) is 4.88. The molecule has 0 spiro atoms. The van der Waals surface area contributed by atoms with E-state index in [0.717, 1.165) is 0 Å². The predicted octanol–water partition coefficient (Wildman–Crippen LogP) is 2.66. The van der Waals surface area contributed by atoms with Crippen LogP contribution in [0.4, 0.5) is 0 Å². The van der Waals surface area contributed by atoms with Crippen molar-refractivity contribution >= 4 is 27.8 Å². The van der Waals surface area contributed by atoms with Gasteiger partial charge in [0.1, 0.15) is 12.1 Å². The molecule has 1 N–H and O–H groups in total. The SMILES string of the molecule is CC(C)[C@H](NC(=O)c1ccccc1Br)C(=O)O[C@@H](C)C#N. The van der Waals surface area contributed by atoms with E-state index in [9.17, 15) is 9.59 Å². The first-order valence-electron chi connectivity index (χ1n) is 6.52. The topological polar surface area (TPSA) is 79.2 Å². The fraction of sp³-hybridized carbons (Fsp3) is 0.400. The van der Waals surface area contributed by atoms with Crippen molar-refractivity contribution in [1.82, 2.24) is 5.32 Å². The molecule has 0 radical (unpaired) electrons. The zero-order valence-corrected chi connectivity index (χ0v) is 13.7. The molecular weight excluding hydrogens is 336 g/mol. The molecule has 0 bridgehead atoms. The van der Waals surface area contributed by atoms with Gasteiger partial charge in [-0.2, -0.15) is 5.26 Å². The minimum absolute atomic E-state index is 0.158. The second kappa shape index (κ2) is 7.79. The third-order valence-corrected chi connectivity index (χ3v) is 3.49. The monoisotopic (exact) mass is 352 g/mol. The molecule has 2 atom stereocenters. The van der Waals surface area contributed by atoms with Crippen LogP contribution in [0.25, 0.3) is 0 Å². The number of nitriles is 1. The van der Waals surface area contributed by atoms with Gasteiger partial charge in [-0.3, -0.25) is 4.79 Å². The summed E-state index contributed by atoms with van der Waals surface area (Å²) < 4.78 is 5.61. The average Bonchev–Trinajstić information content (AvgIpc) is 2.44. The molecule has 1 aromatic carbocycles. The van der Waals surface area contributed by atoms with E-state index in [1.807, 2.05) is 6.07 Å². The quantitative estimate of drug-likeness (QED) is 0.826. The number of carbonyl (C=O) groups is 2. The van der Waals surface area contributed by atoms with Crippen LogP contribution in [0.5, 0.6) is 0 Å². The summed E-state index contributed by atoms with van der Waals surface area (Å²) >= 11 is 3.29. The van der Waals surface area contributed by atoms with Gasteiger partial charge >= 0.3 is 5.97 Å². The van der Waals surface area contributed by atoms with E-state index in [4.69, 9.17) is 10.00 Å². The van der Waals surface area contributed by atoms with Crippen molar-refractivity contribution in [1.29, 1.82) is 5.26 Å². The second-order valence-corrected chi connectivity index (χ2v) is 5.74. The summed E-state index contributed by atoms with van der Waals surface area (Å²) in [7, 11) is 0. The number of rotatable bonds is 5. The molecule has 0 fully saturated rings. The summed E-state index contributed by atoms with van der Waals surface area (Å²) in [4.78, 5) is 24.2. The molecule has 112 valence electrons. The van der Waals surface area contributed by atoms with E-state index in [2.05, 4.69) is 21.2 Å². The van der Waals surface area contributed by atoms with Gasteiger partial charge in [0, 0.05) is 4.47 Å². The number of nitrogens with zero attached hydrogens (tertiary/aromatic N) is 1. The van der Waals surface area contributed by atoms with E-state index >= 15 is 0 Å². The van der Waals surface area contributed by atoms with Crippen LogP contribution in [-0.4, -0.2) is 24.0 Å². The summed E-state index contributed by atoms with van der Waals surface area (Å²) in [6.45, 7) is 5.07. The lowest BCUT2D eigenvalue weighted by Gasteiger charge is -2.21. The molecule has 0 saturated heterocycles. The third-order valence-electron chi connectivity index (χ3n) is 2.80. The van der Waals surface area contributed by atoms with Crippen LogP contribution < -0.4 is 5.32 Å². The number of ether oxygens (including phenoxy) is 1. The number of nitrogens with one attached hydrogen (secondary N) is 1. The lowest BCUT2D eigenvalue weighted by atomic mass is 10.0. The van der Waals surface area contributed by atoms with Crippen LogP contribution >= 0.6 is 15.9 Å². The Morgan fingerprint density at radius 1 is 1.29 bits per heavy atom. The molecule has 0 aliphatic carbocycles. The van der Waals surface area contributed by atoms with Crippen molar-refractivity contribution in [2.75, 3.05) is 0 Å². The van der Waals surface area contributed by atoms with Gasteiger partial charge in [0.05, 0.1) is 5.56 Å². The van der Waals surface area contributed by atoms with Crippen molar-refractivity contribution in [3.05, 3.63) is 34.3 Å². The molecule has 0 aliphatic heterocycles. The maximum Gasteiger partial charge on any atom is 0.330 e. The maximum atomic E-state index is 12.2. The van der Waals surface area contributed by atoms with Crippen molar-refractivity contribution in [3.63, 3.8) is 0 Å². The number of carbonyl (C=O) groups excluding carboxylic acids is 2. The Bertz CT molecular complexity index is 566. The highest BCUT2D eigenvalue weighted by atomic mass is 79.9. The normalized spacial score (nSPS) is 13.1. The van der Waals surface area contributed by atoms with E-state index in [1.54, 1.807) is 38.1 Å². The Balaban J connectivity index is 2.85. The molecule has 1 aromatic rings. The molecule has 6 heteroatoms. The molecular formula is C15H17BrN2O3. The third kappa shape index (κ3) is 4.87. The summed E-state index contributed by atoms with van der Waals surface area (Å²) in [6, 6.07) is 7.95. The Morgan fingerprint density at radius 2 is 1.90 bits per heavy atom. The smallest absolute Gasteiger partial charge is 0.330 e. The van der Waals surface area contributed by atoms with Gasteiger partial charge < -0.3 is 10.1 Å². The highest BCUT2D eigenvalue weighted by Gasteiger charge is 2.27. The highest BCUT2D eigenvalue weighted by molar-refractivity contribution is 9.10. The van der Waals surface area contributed by atoms with Gasteiger partial charge in [-0.25, -0.2) is 4.79 Å². The fourth-order valence-electron chi connectivity index (χ4n) is 1.64. The predicted molar refractivity (Wildman–Crippen MR) is 81.4 cm³/mol. The van der Waals surface area contributed by atoms with Crippen LogP contribution in [0.15, 0.2) is 28.7 Å². The first-order valence-corrected chi connectivity index (χ1v) is 7.31. The van der Waals surface area contributed by atoms with Gasteiger partial charge in [-0.15, -0.1) is 0 Å². The fourth-order valence-corrected chi connectivity index (χ4v) is 2.10. The molecule has 0 aromatic heterocycles. The maximum absolute atomic E-state index is 12.2. The van der Waals surface area contributed by atoms with Crippen LogP contribution in [0.1, 0.15) is 31.1 Å². The highest BCUT2D eigenvalue weighted by Crippen LogP contribution is 2.16. The number of hydrogen-bond donors (Lipinski definition) is 1. The van der Waals surface area contributed by atoms with E-state index in [-0.39, 0.29) is 11.8 Å². The zero-order chi connectivity index (χ0) is 16.0. The van der Waals surface area contributed by atoms with Gasteiger partial charge in [0.25, 0.3) is 5.91 Å². The van der Waals surface area contributed by atoms with Crippen molar-refractivity contribution < 1.29 is 14.3 Å². The van der Waals surface area contributed by atoms with Gasteiger partial charge in [-0.05, 0) is 40.9 Å². The number of halogens is 1. The standard InChI is InChI=1S/C15H17BrN2O3/c1-9(2)13(15(20)21-10(3)8-17)18-14(19)11-6-4-5-7-12(11)16/h4-7,9-10,13H,1-3H3,(H,18,19)/t10-,13-/m0/s1. The molecule has 0 aliphatic rings. The van der Waals surface area contributed by atoms with E-state index in [0.29, 0.717) is 10.0 Å². The summed E-state index contributed by atoms with van der Waals surface area (Å²) in [5.74, 6) is -1.14. The molecule has 5 nitrogen and oxygen atoms in total. The van der Waals surface area contributed by atoms with Crippen molar-refractivity contribution in [3.8, 4) is 6.07 Å². The number of benzene rings is 1. The lowest BCUT2D eigenvalue weighted by Crippen LogP contribution is -2.46. The Hall–Kier alpha value is -1.87. The minimum Gasteiger partial charge on any atom is -0.446 e. The summed E-state index contributed by atoms with van der Waals surface area (Å²) in [6.07, 6.45) is -0.848. The van der Waals surface area contributed by atoms with Gasteiger partial charge in [-0.1, -0.05) is 26.0 Å². The van der Waals surface area contributed by atoms with Crippen molar-refractivity contribution in [2.24, 2.45) is 5.92 Å². The van der Waals surface area contributed by atoms with Crippen LogP contribution in [-0.2, 0) is 9.53 Å². The molecule has 21 heavy (non-hydrogen) atoms. The minimum atomic E-state index is -0.848. The first-order chi connectivity index (χ1) is 9.86. The van der Waals surface area contributed by atoms with Crippen LogP contribution in [0.3, 0.4) is 0 Å². The van der Waals surface area contributed by atoms with Crippen molar-refractivity contribution in [2.45, 2.75) is 32.9 Å². The Labute approximate surface area is 132 Å². The first kappa shape index (κ1) is 17.2. The number of hydrogen-bond acceptors (Lipinski definition) is 4. The average molecular weight is 353 g/mol. The van der Waals surface area contributed by atoms with Crippen LogP contribution in [0, 0.1) is 17.2 Å². The van der Waals surface area contributed by atoms with E-state index < -0.39 is 18.1 Å². The van der Waals surface area contributed by atoms with Gasteiger partial charge in [0.2, 0.25) is 0 Å². The molecule has 1 amide bonds. The number of esters is 1. The Kier molecular flexibility index (Phi) is 6.38. The molecule has 1 rings (SSSR count). The molecule has 0 unspecified atom stereocenters. The van der Waals surface area contributed by atoms with Crippen LogP contribution in [0.2, 0.25) is 0 Å². The largest absolute Gasteiger partial charge is 0.446 e. The van der Waals surface area contributed by atoms with Gasteiger partial charge in [0.15, 0.2) is 6.10 Å². The zero-order valence-electron chi connectivity index (χ0n) is 12.1. The summed E-state index contributed by atoms with van der Waals surface area (Å²) in [5.41, 5.74) is 0.435.